The standard InChI is InChI=1S/C13H15Br3O/c14-9-3-5-12(15)11(8-9)13(16)6-4-10-2-1-7-17-10/h3,5,8,10,13H,1-2,4,6-7H2. The van der Waals surface area contributed by atoms with E-state index >= 15 is 0 Å². The van der Waals surface area contributed by atoms with E-state index in [2.05, 4.69) is 59.9 Å². The van der Waals surface area contributed by atoms with Crippen molar-refractivity contribution in [3.63, 3.8) is 0 Å². The van der Waals surface area contributed by atoms with Crippen LogP contribution in [0.4, 0.5) is 0 Å². The molecule has 1 fully saturated rings. The molecule has 0 aliphatic carbocycles. The molecule has 1 nitrogen and oxygen atoms in total. The van der Waals surface area contributed by atoms with Crippen molar-refractivity contribution < 1.29 is 4.74 Å². The second-order valence-corrected chi connectivity index (χ2v) is 7.22. The Kier molecular flexibility index (Phi) is 5.52. The Balaban J connectivity index is 1.93. The maximum absolute atomic E-state index is 5.65. The highest BCUT2D eigenvalue weighted by Gasteiger charge is 2.18. The number of benzene rings is 1. The lowest BCUT2D eigenvalue weighted by atomic mass is 10.0. The maximum Gasteiger partial charge on any atom is 0.0576 e. The molecule has 1 aliphatic rings. The quantitative estimate of drug-likeness (QED) is 0.569. The Labute approximate surface area is 128 Å². The second-order valence-electron chi connectivity index (χ2n) is 4.35. The van der Waals surface area contributed by atoms with Crippen molar-refractivity contribution in [1.82, 2.24) is 0 Å². The van der Waals surface area contributed by atoms with Crippen LogP contribution in [0.2, 0.25) is 0 Å². The maximum atomic E-state index is 5.65. The van der Waals surface area contributed by atoms with Gasteiger partial charge in [-0.3, -0.25) is 0 Å². The summed E-state index contributed by atoms with van der Waals surface area (Å²) >= 11 is 10.9. The zero-order chi connectivity index (χ0) is 12.3. The molecule has 0 saturated carbocycles. The average molecular weight is 427 g/mol. The molecule has 1 heterocycles. The number of rotatable bonds is 4. The summed E-state index contributed by atoms with van der Waals surface area (Å²) < 4.78 is 7.94. The van der Waals surface area contributed by atoms with E-state index in [0.717, 1.165) is 28.4 Å². The molecule has 2 unspecified atom stereocenters. The molecule has 1 aromatic rings. The first-order valence-electron chi connectivity index (χ1n) is 5.87. The van der Waals surface area contributed by atoms with Gasteiger partial charge in [-0.15, -0.1) is 0 Å². The highest BCUT2D eigenvalue weighted by Crippen LogP contribution is 2.36. The molecule has 0 aromatic heterocycles. The number of halogens is 3. The number of hydrogen-bond acceptors (Lipinski definition) is 1. The van der Waals surface area contributed by atoms with Crippen molar-refractivity contribution in [2.24, 2.45) is 0 Å². The molecule has 1 aromatic carbocycles. The van der Waals surface area contributed by atoms with Crippen LogP contribution >= 0.6 is 47.8 Å². The SMILES string of the molecule is Brc1ccc(Br)c(C(Br)CCC2CCCO2)c1. The normalized spacial score (nSPS) is 21.7. The minimum absolute atomic E-state index is 0.388. The first-order chi connectivity index (χ1) is 8.16. The number of ether oxygens (including phenoxy) is 1. The lowest BCUT2D eigenvalue weighted by Crippen LogP contribution is -2.06. The Bertz CT molecular complexity index is 375. The zero-order valence-corrected chi connectivity index (χ0v) is 14.2. The van der Waals surface area contributed by atoms with Crippen LogP contribution < -0.4 is 0 Å². The van der Waals surface area contributed by atoms with Crippen molar-refractivity contribution >= 4 is 47.8 Å². The van der Waals surface area contributed by atoms with Gasteiger partial charge in [-0.05, 0) is 49.4 Å². The Morgan fingerprint density at radius 1 is 1.35 bits per heavy atom. The van der Waals surface area contributed by atoms with Crippen LogP contribution in [-0.2, 0) is 4.74 Å². The van der Waals surface area contributed by atoms with Gasteiger partial charge in [-0.2, -0.15) is 0 Å². The van der Waals surface area contributed by atoms with Gasteiger partial charge in [0.15, 0.2) is 0 Å². The van der Waals surface area contributed by atoms with Gasteiger partial charge in [0.1, 0.15) is 0 Å². The lowest BCUT2D eigenvalue weighted by Gasteiger charge is -2.15. The Morgan fingerprint density at radius 2 is 2.18 bits per heavy atom. The van der Waals surface area contributed by atoms with Crippen LogP contribution in [-0.4, -0.2) is 12.7 Å². The summed E-state index contributed by atoms with van der Waals surface area (Å²) in [5.74, 6) is 0. The smallest absolute Gasteiger partial charge is 0.0576 e. The Hall–Kier alpha value is 0.620. The fourth-order valence-electron chi connectivity index (χ4n) is 2.11. The van der Waals surface area contributed by atoms with Gasteiger partial charge in [0.05, 0.1) is 6.10 Å². The highest BCUT2D eigenvalue weighted by atomic mass is 79.9. The van der Waals surface area contributed by atoms with E-state index in [9.17, 15) is 0 Å². The van der Waals surface area contributed by atoms with Gasteiger partial charge in [0.25, 0.3) is 0 Å². The highest BCUT2D eigenvalue weighted by molar-refractivity contribution is 9.11. The van der Waals surface area contributed by atoms with Crippen LogP contribution in [0, 0.1) is 0 Å². The summed E-state index contributed by atoms with van der Waals surface area (Å²) in [6.45, 7) is 0.943. The molecular weight excluding hydrogens is 412 g/mol. The summed E-state index contributed by atoms with van der Waals surface area (Å²) in [5.41, 5.74) is 1.30. The van der Waals surface area contributed by atoms with Gasteiger partial charge < -0.3 is 4.74 Å². The van der Waals surface area contributed by atoms with E-state index in [1.807, 2.05) is 6.07 Å². The summed E-state index contributed by atoms with van der Waals surface area (Å²) in [4.78, 5) is 0.388. The molecule has 94 valence electrons. The molecule has 2 atom stereocenters. The first-order valence-corrected chi connectivity index (χ1v) is 8.37. The third-order valence-electron chi connectivity index (χ3n) is 3.06. The first kappa shape index (κ1) is 14.0. The van der Waals surface area contributed by atoms with E-state index in [1.165, 1.54) is 18.4 Å². The Morgan fingerprint density at radius 3 is 2.88 bits per heavy atom. The van der Waals surface area contributed by atoms with Gasteiger partial charge in [-0.25, -0.2) is 0 Å². The van der Waals surface area contributed by atoms with Crippen molar-refractivity contribution in [3.8, 4) is 0 Å². The molecule has 0 N–H and O–H groups in total. The van der Waals surface area contributed by atoms with Gasteiger partial charge >= 0.3 is 0 Å². The molecule has 0 radical (unpaired) electrons. The van der Waals surface area contributed by atoms with Crippen LogP contribution in [0.25, 0.3) is 0 Å². The molecule has 0 bridgehead atoms. The van der Waals surface area contributed by atoms with E-state index in [4.69, 9.17) is 4.74 Å². The summed E-state index contributed by atoms with van der Waals surface area (Å²) in [6, 6.07) is 6.30. The summed E-state index contributed by atoms with van der Waals surface area (Å²) in [7, 11) is 0. The molecule has 2 rings (SSSR count). The zero-order valence-electron chi connectivity index (χ0n) is 9.46. The monoisotopic (exact) mass is 424 g/mol. The predicted octanol–water partition coefficient (Wildman–Crippen LogP) is 5.61. The fraction of sp³-hybridized carbons (Fsp3) is 0.538. The summed E-state index contributed by atoms with van der Waals surface area (Å²) in [5, 5.41) is 0. The van der Waals surface area contributed by atoms with Crippen molar-refractivity contribution in [1.29, 1.82) is 0 Å². The van der Waals surface area contributed by atoms with Gasteiger partial charge in [-0.1, -0.05) is 47.8 Å². The molecule has 0 spiro atoms. The number of alkyl halides is 1. The number of hydrogen-bond donors (Lipinski definition) is 0. The van der Waals surface area contributed by atoms with Crippen LogP contribution in [0.1, 0.15) is 36.1 Å². The van der Waals surface area contributed by atoms with Crippen molar-refractivity contribution in [2.45, 2.75) is 36.6 Å². The lowest BCUT2D eigenvalue weighted by molar-refractivity contribution is 0.102. The van der Waals surface area contributed by atoms with Crippen molar-refractivity contribution in [2.75, 3.05) is 6.61 Å². The minimum Gasteiger partial charge on any atom is -0.378 e. The van der Waals surface area contributed by atoms with Crippen LogP contribution in [0.15, 0.2) is 27.1 Å². The molecule has 17 heavy (non-hydrogen) atoms. The predicted molar refractivity (Wildman–Crippen MR) is 81.7 cm³/mol. The molecule has 4 heteroatoms. The third-order valence-corrected chi connectivity index (χ3v) is 5.23. The second kappa shape index (κ2) is 6.69. The fourth-order valence-corrected chi connectivity index (χ4v) is 3.97. The van der Waals surface area contributed by atoms with E-state index in [-0.39, 0.29) is 0 Å². The van der Waals surface area contributed by atoms with E-state index in [1.54, 1.807) is 0 Å². The van der Waals surface area contributed by atoms with Crippen LogP contribution in [0.3, 0.4) is 0 Å². The third kappa shape index (κ3) is 4.05. The molecular formula is C13H15Br3O. The largest absolute Gasteiger partial charge is 0.378 e. The molecule has 1 saturated heterocycles. The topological polar surface area (TPSA) is 9.23 Å². The molecule has 0 amide bonds. The van der Waals surface area contributed by atoms with Gasteiger partial charge in [0.2, 0.25) is 0 Å². The summed E-state index contributed by atoms with van der Waals surface area (Å²) in [6.07, 6.45) is 5.16. The molecule has 1 aliphatic heterocycles. The average Bonchev–Trinajstić information content (AvgIpc) is 2.82. The van der Waals surface area contributed by atoms with Crippen LogP contribution in [0.5, 0.6) is 0 Å². The van der Waals surface area contributed by atoms with Gasteiger partial charge in [0, 0.05) is 20.4 Å². The van der Waals surface area contributed by atoms with E-state index < -0.39 is 0 Å². The van der Waals surface area contributed by atoms with Crippen molar-refractivity contribution in [3.05, 3.63) is 32.7 Å². The minimum atomic E-state index is 0.388. The van der Waals surface area contributed by atoms with E-state index in [0.29, 0.717) is 10.9 Å².